The molecule has 2 aromatic rings. The third-order valence-corrected chi connectivity index (χ3v) is 2.97. The van der Waals surface area contributed by atoms with Crippen LogP contribution in [-0.2, 0) is 11.3 Å². The number of hydrogen-bond donors (Lipinski definition) is 2. The van der Waals surface area contributed by atoms with Crippen molar-refractivity contribution in [3.63, 3.8) is 0 Å². The van der Waals surface area contributed by atoms with Crippen molar-refractivity contribution in [2.75, 3.05) is 11.5 Å². The zero-order chi connectivity index (χ0) is 13.0. The molecule has 0 atom stereocenters. The first-order valence-corrected chi connectivity index (χ1v) is 5.95. The van der Waals surface area contributed by atoms with E-state index in [0.29, 0.717) is 17.4 Å². The van der Waals surface area contributed by atoms with Gasteiger partial charge in [0.1, 0.15) is 0 Å². The van der Waals surface area contributed by atoms with Gasteiger partial charge in [0.05, 0.1) is 18.0 Å². The van der Waals surface area contributed by atoms with E-state index in [0.717, 1.165) is 11.8 Å². The average molecular weight is 266 g/mol. The quantitative estimate of drug-likeness (QED) is 0.718. The molecule has 0 aromatic carbocycles. The van der Waals surface area contributed by atoms with E-state index in [-0.39, 0.29) is 11.7 Å². The summed E-state index contributed by atoms with van der Waals surface area (Å²) in [6.07, 6.45) is 1.57. The summed E-state index contributed by atoms with van der Waals surface area (Å²) in [5.74, 6) is -0.806. The number of nitrogens with two attached hydrogens (primary N) is 1. The van der Waals surface area contributed by atoms with Gasteiger partial charge in [-0.25, -0.2) is 0 Å². The van der Waals surface area contributed by atoms with Crippen molar-refractivity contribution in [1.82, 2.24) is 25.0 Å². The Morgan fingerprint density at radius 2 is 2.28 bits per heavy atom. The first kappa shape index (κ1) is 12.3. The molecule has 0 radical (unpaired) electrons. The maximum absolute atomic E-state index is 10.5. The van der Waals surface area contributed by atoms with Gasteiger partial charge in [-0.1, -0.05) is 11.8 Å². The van der Waals surface area contributed by atoms with E-state index < -0.39 is 5.97 Å². The van der Waals surface area contributed by atoms with Gasteiger partial charge in [-0.3, -0.25) is 9.36 Å². The van der Waals surface area contributed by atoms with E-state index in [1.54, 1.807) is 22.9 Å². The lowest BCUT2D eigenvalue weighted by atomic mass is 10.4. The summed E-state index contributed by atoms with van der Waals surface area (Å²) in [6, 6.07) is 3.55. The largest absolute Gasteiger partial charge is 0.481 e. The average Bonchev–Trinajstić information content (AvgIpc) is 2.70. The SMILES string of the molecule is Nc1nnc(SCC(=O)O)n1Cc1cccnn1. The van der Waals surface area contributed by atoms with E-state index in [9.17, 15) is 4.79 Å². The number of nitrogen functional groups attached to an aromatic ring is 1. The highest BCUT2D eigenvalue weighted by Crippen LogP contribution is 2.18. The zero-order valence-corrected chi connectivity index (χ0v) is 10.0. The minimum atomic E-state index is -0.923. The van der Waals surface area contributed by atoms with Gasteiger partial charge >= 0.3 is 5.97 Å². The van der Waals surface area contributed by atoms with E-state index in [1.807, 2.05) is 0 Å². The minimum absolute atomic E-state index is 0.0986. The summed E-state index contributed by atoms with van der Waals surface area (Å²) < 4.78 is 1.59. The molecule has 18 heavy (non-hydrogen) atoms. The molecular formula is C9H10N6O2S. The van der Waals surface area contributed by atoms with Crippen molar-refractivity contribution >= 4 is 23.7 Å². The van der Waals surface area contributed by atoms with E-state index in [2.05, 4.69) is 20.4 Å². The van der Waals surface area contributed by atoms with Crippen LogP contribution in [0.4, 0.5) is 5.95 Å². The van der Waals surface area contributed by atoms with Crippen molar-refractivity contribution in [2.24, 2.45) is 0 Å². The summed E-state index contributed by atoms with van der Waals surface area (Å²) in [6.45, 7) is 0.356. The predicted octanol–water partition coefficient (Wildman–Crippen LogP) is -0.125. The van der Waals surface area contributed by atoms with Crippen LogP contribution in [-0.4, -0.2) is 41.8 Å². The van der Waals surface area contributed by atoms with Gasteiger partial charge in [0.15, 0.2) is 5.16 Å². The topological polar surface area (TPSA) is 120 Å². The fourth-order valence-corrected chi connectivity index (χ4v) is 1.93. The van der Waals surface area contributed by atoms with Gasteiger partial charge in [-0.15, -0.1) is 10.2 Å². The van der Waals surface area contributed by atoms with Crippen LogP contribution in [0.3, 0.4) is 0 Å². The Balaban J connectivity index is 2.16. The molecule has 0 bridgehead atoms. The van der Waals surface area contributed by atoms with Gasteiger partial charge in [-0.2, -0.15) is 10.2 Å². The number of nitrogens with zero attached hydrogens (tertiary/aromatic N) is 5. The van der Waals surface area contributed by atoms with Crippen molar-refractivity contribution in [2.45, 2.75) is 11.7 Å². The highest BCUT2D eigenvalue weighted by molar-refractivity contribution is 7.99. The highest BCUT2D eigenvalue weighted by atomic mass is 32.2. The number of carboxylic acids is 1. The van der Waals surface area contributed by atoms with Crippen LogP contribution in [0.25, 0.3) is 0 Å². The summed E-state index contributed by atoms with van der Waals surface area (Å²) in [5, 5.41) is 24.3. The van der Waals surface area contributed by atoms with Crippen LogP contribution >= 0.6 is 11.8 Å². The second-order valence-electron chi connectivity index (χ2n) is 3.32. The molecule has 2 aromatic heterocycles. The smallest absolute Gasteiger partial charge is 0.313 e. The van der Waals surface area contributed by atoms with Crippen LogP contribution in [0, 0.1) is 0 Å². The van der Waals surface area contributed by atoms with Crippen LogP contribution < -0.4 is 5.73 Å². The molecule has 0 saturated carbocycles. The molecule has 8 nitrogen and oxygen atoms in total. The van der Waals surface area contributed by atoms with Crippen molar-refractivity contribution in [1.29, 1.82) is 0 Å². The number of thioether (sulfide) groups is 1. The Morgan fingerprint density at radius 3 is 2.94 bits per heavy atom. The Kier molecular flexibility index (Phi) is 3.72. The van der Waals surface area contributed by atoms with Gasteiger partial charge in [0, 0.05) is 6.20 Å². The Labute approximate surface area is 106 Å². The lowest BCUT2D eigenvalue weighted by molar-refractivity contribution is -0.133. The summed E-state index contributed by atoms with van der Waals surface area (Å²) in [4.78, 5) is 10.5. The van der Waals surface area contributed by atoms with Crippen LogP contribution in [0.2, 0.25) is 0 Å². The molecule has 9 heteroatoms. The van der Waals surface area contributed by atoms with Gasteiger partial charge in [-0.05, 0) is 12.1 Å². The number of carboxylic acid groups (broad SMARTS) is 1. The van der Waals surface area contributed by atoms with Crippen molar-refractivity contribution in [3.8, 4) is 0 Å². The number of aromatic nitrogens is 5. The second kappa shape index (κ2) is 5.45. The van der Waals surface area contributed by atoms with Crippen LogP contribution in [0.15, 0.2) is 23.5 Å². The first-order chi connectivity index (χ1) is 8.66. The molecule has 0 spiro atoms. The molecule has 2 heterocycles. The van der Waals surface area contributed by atoms with Crippen LogP contribution in [0.5, 0.6) is 0 Å². The number of aliphatic carboxylic acids is 1. The van der Waals surface area contributed by atoms with Gasteiger partial charge < -0.3 is 10.8 Å². The fraction of sp³-hybridized carbons (Fsp3) is 0.222. The normalized spacial score (nSPS) is 10.4. The number of rotatable bonds is 5. The molecule has 0 fully saturated rings. The second-order valence-corrected chi connectivity index (χ2v) is 4.27. The third-order valence-electron chi connectivity index (χ3n) is 2.02. The maximum Gasteiger partial charge on any atom is 0.313 e. The van der Waals surface area contributed by atoms with Gasteiger partial charge in [0.2, 0.25) is 5.95 Å². The molecule has 3 N–H and O–H groups in total. The lowest BCUT2D eigenvalue weighted by Gasteiger charge is -2.05. The highest BCUT2D eigenvalue weighted by Gasteiger charge is 2.12. The summed E-state index contributed by atoms with van der Waals surface area (Å²) >= 11 is 1.06. The van der Waals surface area contributed by atoms with Crippen molar-refractivity contribution < 1.29 is 9.90 Å². The molecule has 0 aliphatic carbocycles. The number of carbonyl (C=O) groups is 1. The fourth-order valence-electron chi connectivity index (χ4n) is 1.26. The minimum Gasteiger partial charge on any atom is -0.481 e. The number of anilines is 1. The first-order valence-electron chi connectivity index (χ1n) is 4.96. The third kappa shape index (κ3) is 2.94. The molecule has 2 rings (SSSR count). The standard InChI is InChI=1S/C9H10N6O2S/c10-8-13-14-9(18-5-7(16)17)15(8)4-6-2-1-3-11-12-6/h1-3H,4-5H2,(H2,10,13)(H,16,17). The summed E-state index contributed by atoms with van der Waals surface area (Å²) in [7, 11) is 0. The Bertz CT molecular complexity index is 543. The van der Waals surface area contributed by atoms with Crippen molar-refractivity contribution in [3.05, 3.63) is 24.0 Å². The molecule has 0 aliphatic heterocycles. The van der Waals surface area contributed by atoms with Crippen LogP contribution in [0.1, 0.15) is 5.69 Å². The van der Waals surface area contributed by atoms with E-state index in [1.165, 1.54) is 0 Å². The monoisotopic (exact) mass is 266 g/mol. The van der Waals surface area contributed by atoms with E-state index in [4.69, 9.17) is 10.8 Å². The summed E-state index contributed by atoms with van der Waals surface area (Å²) in [5.41, 5.74) is 6.37. The maximum atomic E-state index is 10.5. The molecule has 0 aliphatic rings. The molecule has 94 valence electrons. The Morgan fingerprint density at radius 1 is 1.44 bits per heavy atom. The zero-order valence-electron chi connectivity index (χ0n) is 9.22. The Hall–Kier alpha value is -2.16. The lowest BCUT2D eigenvalue weighted by Crippen LogP contribution is -2.08. The predicted molar refractivity (Wildman–Crippen MR) is 63.9 cm³/mol. The van der Waals surface area contributed by atoms with E-state index >= 15 is 0 Å². The van der Waals surface area contributed by atoms with Gasteiger partial charge in [0.25, 0.3) is 0 Å². The molecular weight excluding hydrogens is 256 g/mol. The number of hydrogen-bond acceptors (Lipinski definition) is 7. The molecule has 0 saturated heterocycles. The molecule has 0 amide bonds. The molecule has 0 unspecified atom stereocenters.